The summed E-state index contributed by atoms with van der Waals surface area (Å²) in [5, 5.41) is 19.7. The van der Waals surface area contributed by atoms with Gasteiger partial charge in [0.05, 0.1) is 0 Å². The first-order valence-corrected chi connectivity index (χ1v) is 18.8. The molecule has 8 heteroatoms. The van der Waals surface area contributed by atoms with Crippen molar-refractivity contribution in [3.63, 3.8) is 0 Å². The summed E-state index contributed by atoms with van der Waals surface area (Å²) in [5.74, 6) is -1.53. The molecule has 2 aromatic rings. The summed E-state index contributed by atoms with van der Waals surface area (Å²) in [7, 11) is 0. The number of esters is 2. The van der Waals surface area contributed by atoms with Gasteiger partial charge in [0.15, 0.2) is 0 Å². The lowest BCUT2D eigenvalue weighted by molar-refractivity contribution is -0.146. The van der Waals surface area contributed by atoms with Gasteiger partial charge in [0.2, 0.25) is 0 Å². The molecule has 2 aliphatic carbocycles. The fourth-order valence-electron chi connectivity index (χ4n) is 7.41. The van der Waals surface area contributed by atoms with Crippen LogP contribution in [0, 0.1) is 22.7 Å². The maximum atomic E-state index is 12.9. The minimum Gasteiger partial charge on any atom is -0.458 e. The molecule has 0 radical (unpaired) electrons. The third kappa shape index (κ3) is 9.57. The van der Waals surface area contributed by atoms with Crippen LogP contribution >= 0.6 is 0 Å². The highest BCUT2D eigenvalue weighted by Crippen LogP contribution is 2.36. The number of anilines is 2. The average molecular weight is 679 g/mol. The van der Waals surface area contributed by atoms with E-state index < -0.39 is 11.9 Å². The quantitative estimate of drug-likeness (QED) is 0.0712. The molecule has 0 aromatic heterocycles. The molecule has 0 unspecified atom stereocenters. The summed E-state index contributed by atoms with van der Waals surface area (Å²) < 4.78 is 10.7. The lowest BCUT2D eigenvalue weighted by Crippen LogP contribution is -2.27. The van der Waals surface area contributed by atoms with Crippen LogP contribution in [0.15, 0.2) is 35.4 Å². The largest absolute Gasteiger partial charge is 0.458 e. The van der Waals surface area contributed by atoms with Gasteiger partial charge >= 0.3 is 11.9 Å². The Kier molecular flexibility index (Phi) is 15.0. The van der Waals surface area contributed by atoms with E-state index in [1.165, 1.54) is 33.6 Å². The van der Waals surface area contributed by atoms with Crippen molar-refractivity contribution in [3.8, 4) is 12.1 Å². The molecule has 0 heterocycles. The van der Waals surface area contributed by atoms with Gasteiger partial charge in [-0.3, -0.25) is 0 Å². The molecule has 4 rings (SSSR count). The minimum atomic E-state index is -0.765. The van der Waals surface area contributed by atoms with Gasteiger partial charge in [0.1, 0.15) is 36.5 Å². The maximum absolute atomic E-state index is 12.9. The number of rotatable bonds is 17. The number of carbonyl (C=O) groups excluding carboxylic acids is 2. The monoisotopic (exact) mass is 678 g/mol. The Morgan fingerprint density at radius 2 is 0.940 bits per heavy atom. The predicted molar refractivity (Wildman–Crippen MR) is 201 cm³/mol. The summed E-state index contributed by atoms with van der Waals surface area (Å²) in [6.45, 7) is 12.3. The zero-order valence-electron chi connectivity index (χ0n) is 30.6. The average Bonchev–Trinajstić information content (AvgIpc) is 3.14. The number of fused-ring (bicyclic) bond motifs is 2. The van der Waals surface area contributed by atoms with Crippen molar-refractivity contribution in [2.24, 2.45) is 0 Å². The van der Waals surface area contributed by atoms with Gasteiger partial charge < -0.3 is 19.3 Å². The first-order chi connectivity index (χ1) is 24.4. The lowest BCUT2D eigenvalue weighted by atomic mass is 9.86. The Hall–Kier alpha value is -4.56. The third-order valence-electron chi connectivity index (χ3n) is 9.58. The van der Waals surface area contributed by atoms with E-state index in [1.54, 1.807) is 12.2 Å². The molecule has 0 fully saturated rings. The Morgan fingerprint density at radius 1 is 0.600 bits per heavy atom. The van der Waals surface area contributed by atoms with E-state index in [9.17, 15) is 20.1 Å². The van der Waals surface area contributed by atoms with Crippen molar-refractivity contribution < 1.29 is 19.1 Å². The van der Waals surface area contributed by atoms with Gasteiger partial charge in [-0.25, -0.2) is 9.59 Å². The summed E-state index contributed by atoms with van der Waals surface area (Å²) >= 11 is 0. The molecule has 0 saturated heterocycles. The maximum Gasteiger partial charge on any atom is 0.349 e. The summed E-state index contributed by atoms with van der Waals surface area (Å²) in [6, 6.07) is 12.3. The standard InChI is InChI=1S/C42H54N4O4/c1-5-21-45(22-6-2)39-19-17-31(35-13-9-11-15-37(35)39)27-33(29-43)41(47)49-25-26-50-42(48)34(30-44)28-32-18-20-40(46(23-7-3)24-8-4)38-16-12-10-14-36(32)38/h17-20,27-28H,5-16,21-26H2,1-4H3/b33-27+,34-28+. The molecule has 266 valence electrons. The van der Waals surface area contributed by atoms with Crippen LogP contribution in [0.25, 0.3) is 12.2 Å². The highest BCUT2D eigenvalue weighted by molar-refractivity contribution is 5.99. The van der Waals surface area contributed by atoms with Crippen LogP contribution < -0.4 is 9.80 Å². The normalized spacial score (nSPS) is 14.1. The topological polar surface area (TPSA) is 107 Å². The van der Waals surface area contributed by atoms with Crippen LogP contribution in [0.4, 0.5) is 11.4 Å². The van der Waals surface area contributed by atoms with E-state index in [1.807, 2.05) is 24.3 Å². The fourth-order valence-corrected chi connectivity index (χ4v) is 7.41. The smallest absolute Gasteiger partial charge is 0.349 e. The molecule has 50 heavy (non-hydrogen) atoms. The number of carbonyl (C=O) groups is 2. The highest BCUT2D eigenvalue weighted by Gasteiger charge is 2.23. The molecule has 0 atom stereocenters. The molecule has 0 N–H and O–H groups in total. The Labute approximate surface area is 299 Å². The summed E-state index contributed by atoms with van der Waals surface area (Å²) in [6.07, 6.45) is 15.7. The van der Waals surface area contributed by atoms with E-state index >= 15 is 0 Å². The SMILES string of the molecule is CCCN(CCC)c1ccc(/C=C(\C#N)C(=O)OCCOC(=O)/C(C#N)=C/c2ccc(N(CCC)CCC)c3c2CCCC3)c2c1CCCC2. The molecule has 0 bridgehead atoms. The zero-order valence-corrected chi connectivity index (χ0v) is 30.6. The number of ether oxygens (including phenoxy) is 2. The number of hydrogen-bond acceptors (Lipinski definition) is 8. The van der Waals surface area contributed by atoms with Gasteiger partial charge in [-0.15, -0.1) is 0 Å². The molecular formula is C42H54N4O4. The van der Waals surface area contributed by atoms with Crippen LogP contribution in [0.2, 0.25) is 0 Å². The van der Waals surface area contributed by atoms with E-state index in [2.05, 4.69) is 49.6 Å². The van der Waals surface area contributed by atoms with Crippen LogP contribution in [0.1, 0.15) is 112 Å². The predicted octanol–water partition coefficient (Wildman–Crippen LogP) is 8.30. The van der Waals surface area contributed by atoms with Crippen LogP contribution in [0.3, 0.4) is 0 Å². The second-order valence-electron chi connectivity index (χ2n) is 13.3. The van der Waals surface area contributed by atoms with Crippen molar-refractivity contribution >= 4 is 35.5 Å². The molecule has 0 aliphatic heterocycles. The van der Waals surface area contributed by atoms with E-state index in [-0.39, 0.29) is 24.4 Å². The van der Waals surface area contributed by atoms with Crippen molar-refractivity contribution in [2.75, 3.05) is 49.2 Å². The molecule has 0 saturated carbocycles. The van der Waals surface area contributed by atoms with Crippen molar-refractivity contribution in [3.05, 3.63) is 68.8 Å². The minimum absolute atomic E-state index is 0.0990. The van der Waals surface area contributed by atoms with Gasteiger partial charge in [-0.05, 0) is 135 Å². The first kappa shape index (κ1) is 38.2. The Morgan fingerprint density at radius 3 is 1.26 bits per heavy atom. The van der Waals surface area contributed by atoms with Gasteiger partial charge in [-0.1, -0.05) is 39.8 Å². The molecule has 2 aromatic carbocycles. The van der Waals surface area contributed by atoms with E-state index in [0.29, 0.717) is 0 Å². The second kappa shape index (κ2) is 19.6. The molecule has 0 amide bonds. The van der Waals surface area contributed by atoms with Crippen LogP contribution in [-0.4, -0.2) is 51.3 Å². The summed E-state index contributed by atoms with van der Waals surface area (Å²) in [5.41, 5.74) is 9.11. The number of benzene rings is 2. The lowest BCUT2D eigenvalue weighted by Gasteiger charge is -2.30. The van der Waals surface area contributed by atoms with Gasteiger partial charge in [0, 0.05) is 37.6 Å². The summed E-state index contributed by atoms with van der Waals surface area (Å²) in [4.78, 5) is 30.8. The Balaban J connectivity index is 1.42. The number of nitriles is 2. The zero-order chi connectivity index (χ0) is 35.9. The van der Waals surface area contributed by atoms with Crippen LogP contribution in [-0.2, 0) is 44.7 Å². The van der Waals surface area contributed by atoms with Crippen molar-refractivity contribution in [2.45, 2.75) is 105 Å². The van der Waals surface area contributed by atoms with Gasteiger partial charge in [0.25, 0.3) is 0 Å². The second-order valence-corrected chi connectivity index (χ2v) is 13.3. The molecular weight excluding hydrogens is 624 g/mol. The van der Waals surface area contributed by atoms with Crippen molar-refractivity contribution in [1.82, 2.24) is 0 Å². The van der Waals surface area contributed by atoms with E-state index in [4.69, 9.17) is 9.47 Å². The van der Waals surface area contributed by atoms with Crippen molar-refractivity contribution in [1.29, 1.82) is 10.5 Å². The molecule has 2 aliphatic rings. The number of nitrogens with zero attached hydrogens (tertiary/aromatic N) is 4. The first-order valence-electron chi connectivity index (χ1n) is 18.8. The number of hydrogen-bond donors (Lipinski definition) is 0. The third-order valence-corrected chi connectivity index (χ3v) is 9.58. The van der Waals surface area contributed by atoms with Gasteiger partial charge in [-0.2, -0.15) is 10.5 Å². The molecule has 8 nitrogen and oxygen atoms in total. The van der Waals surface area contributed by atoms with Crippen LogP contribution in [0.5, 0.6) is 0 Å². The fraction of sp³-hybridized carbons (Fsp3) is 0.524. The highest BCUT2D eigenvalue weighted by atomic mass is 16.6. The Bertz CT molecular complexity index is 1510. The van der Waals surface area contributed by atoms with E-state index in [0.717, 1.165) is 114 Å². The molecule has 0 spiro atoms.